The fourth-order valence-corrected chi connectivity index (χ4v) is 1.88. The van der Waals surface area contributed by atoms with E-state index in [2.05, 4.69) is 29.6 Å². The number of urea groups is 1. The number of fused-ring (bicyclic) bond motifs is 1. The molecule has 0 bridgehead atoms. The summed E-state index contributed by atoms with van der Waals surface area (Å²) in [5.74, 6) is 0. The Morgan fingerprint density at radius 3 is 2.81 bits per heavy atom. The van der Waals surface area contributed by atoms with Gasteiger partial charge in [0.05, 0.1) is 11.6 Å². The molecule has 1 atom stereocenters. The van der Waals surface area contributed by atoms with E-state index in [-0.39, 0.29) is 12.1 Å². The highest BCUT2D eigenvalue weighted by atomic mass is 16.5. The van der Waals surface area contributed by atoms with Gasteiger partial charge in [0.1, 0.15) is 0 Å². The number of ether oxygens (including phenoxy) is 1. The second kappa shape index (κ2) is 6.58. The molecule has 2 aromatic rings. The number of nitrogens with zero attached hydrogens (tertiary/aromatic N) is 2. The molecule has 0 aliphatic heterocycles. The first-order chi connectivity index (χ1) is 9.99. The first-order valence-electron chi connectivity index (χ1n) is 7.06. The Morgan fingerprint density at radius 1 is 1.38 bits per heavy atom. The molecule has 0 spiro atoms. The van der Waals surface area contributed by atoms with Gasteiger partial charge < -0.3 is 15.4 Å². The smallest absolute Gasteiger partial charge is 0.319 e. The monoisotopic (exact) mass is 290 g/mol. The Morgan fingerprint density at radius 2 is 2.14 bits per heavy atom. The van der Waals surface area contributed by atoms with Crippen molar-refractivity contribution in [1.82, 2.24) is 15.1 Å². The molecule has 2 amide bonds. The van der Waals surface area contributed by atoms with Crippen LogP contribution in [-0.2, 0) is 4.74 Å². The van der Waals surface area contributed by atoms with Gasteiger partial charge in [0, 0.05) is 37.0 Å². The van der Waals surface area contributed by atoms with E-state index in [1.165, 1.54) is 0 Å². The van der Waals surface area contributed by atoms with Gasteiger partial charge in [-0.25, -0.2) is 4.79 Å². The average Bonchev–Trinajstić information content (AvgIpc) is 2.88. The van der Waals surface area contributed by atoms with Gasteiger partial charge in [0.2, 0.25) is 0 Å². The van der Waals surface area contributed by atoms with Crippen LogP contribution in [0, 0.1) is 0 Å². The normalized spacial score (nSPS) is 12.6. The molecular formula is C15H22N4O2. The first kappa shape index (κ1) is 15.3. The van der Waals surface area contributed by atoms with Crippen LogP contribution in [0.5, 0.6) is 0 Å². The number of aromatic nitrogens is 2. The van der Waals surface area contributed by atoms with Crippen molar-refractivity contribution in [3.05, 3.63) is 24.4 Å². The maximum atomic E-state index is 11.8. The number of rotatable bonds is 5. The summed E-state index contributed by atoms with van der Waals surface area (Å²) in [6.45, 7) is 6.52. The van der Waals surface area contributed by atoms with Gasteiger partial charge in [-0.05, 0) is 39.0 Å². The molecule has 1 aromatic carbocycles. The van der Waals surface area contributed by atoms with E-state index in [1.807, 2.05) is 36.0 Å². The minimum atomic E-state index is -0.241. The Labute approximate surface area is 124 Å². The molecule has 1 aromatic heterocycles. The van der Waals surface area contributed by atoms with Crippen LogP contribution in [0.2, 0.25) is 0 Å². The quantitative estimate of drug-likeness (QED) is 0.889. The van der Waals surface area contributed by atoms with Crippen molar-refractivity contribution >= 4 is 22.6 Å². The Balaban J connectivity index is 2.03. The molecule has 2 rings (SSSR count). The number of hydrogen-bond acceptors (Lipinski definition) is 3. The van der Waals surface area contributed by atoms with Gasteiger partial charge in [-0.3, -0.25) is 4.68 Å². The Bertz CT molecular complexity index is 621. The van der Waals surface area contributed by atoms with Crippen molar-refractivity contribution in [2.75, 3.05) is 19.0 Å². The highest BCUT2D eigenvalue weighted by Gasteiger charge is 2.07. The molecule has 0 fully saturated rings. The maximum Gasteiger partial charge on any atom is 0.319 e. The fourth-order valence-electron chi connectivity index (χ4n) is 1.88. The van der Waals surface area contributed by atoms with Gasteiger partial charge in [-0.2, -0.15) is 5.10 Å². The Hall–Kier alpha value is -2.08. The highest BCUT2D eigenvalue weighted by Crippen LogP contribution is 2.19. The summed E-state index contributed by atoms with van der Waals surface area (Å²) in [7, 11) is 1.62. The summed E-state index contributed by atoms with van der Waals surface area (Å²) in [5, 5.41) is 11.0. The van der Waals surface area contributed by atoms with Crippen LogP contribution in [0.25, 0.3) is 10.9 Å². The lowest BCUT2D eigenvalue weighted by molar-refractivity contribution is 0.119. The van der Waals surface area contributed by atoms with Crippen LogP contribution < -0.4 is 10.6 Å². The zero-order valence-corrected chi connectivity index (χ0v) is 12.9. The van der Waals surface area contributed by atoms with E-state index >= 15 is 0 Å². The molecule has 0 saturated carbocycles. The second-order valence-corrected chi connectivity index (χ2v) is 5.36. The van der Waals surface area contributed by atoms with E-state index in [9.17, 15) is 4.79 Å². The number of amides is 2. The predicted octanol–water partition coefficient (Wildman–Crippen LogP) is 2.77. The van der Waals surface area contributed by atoms with E-state index in [1.54, 1.807) is 7.11 Å². The maximum absolute atomic E-state index is 11.8. The summed E-state index contributed by atoms with van der Waals surface area (Å²) in [6.07, 6.45) is 1.97. The molecule has 6 heteroatoms. The zero-order valence-electron chi connectivity index (χ0n) is 12.9. The lowest BCUT2D eigenvalue weighted by Crippen LogP contribution is -2.34. The Kier molecular flexibility index (Phi) is 4.80. The molecule has 1 heterocycles. The van der Waals surface area contributed by atoms with Crippen molar-refractivity contribution < 1.29 is 9.53 Å². The summed E-state index contributed by atoms with van der Waals surface area (Å²) >= 11 is 0. The van der Waals surface area contributed by atoms with Crippen molar-refractivity contribution in [3.63, 3.8) is 0 Å². The van der Waals surface area contributed by atoms with Gasteiger partial charge in [0.25, 0.3) is 0 Å². The van der Waals surface area contributed by atoms with Crippen LogP contribution in [0.4, 0.5) is 10.5 Å². The van der Waals surface area contributed by atoms with Crippen LogP contribution >= 0.6 is 0 Å². The fraction of sp³-hybridized carbons (Fsp3) is 0.467. The number of hydrogen-bond donors (Lipinski definition) is 2. The summed E-state index contributed by atoms with van der Waals surface area (Å²) in [6, 6.07) is 5.74. The molecule has 0 aliphatic carbocycles. The minimum absolute atomic E-state index is 0.0116. The van der Waals surface area contributed by atoms with Crippen molar-refractivity contribution in [2.45, 2.75) is 32.9 Å². The number of benzene rings is 1. The van der Waals surface area contributed by atoms with E-state index in [0.717, 1.165) is 16.6 Å². The first-order valence-corrected chi connectivity index (χ1v) is 7.06. The van der Waals surface area contributed by atoms with Crippen molar-refractivity contribution in [3.8, 4) is 0 Å². The third-order valence-electron chi connectivity index (χ3n) is 3.26. The van der Waals surface area contributed by atoms with Crippen LogP contribution in [0.15, 0.2) is 24.4 Å². The summed E-state index contributed by atoms with van der Waals surface area (Å²) in [5.41, 5.74) is 1.66. The lowest BCUT2D eigenvalue weighted by Gasteiger charge is -2.11. The van der Waals surface area contributed by atoms with Gasteiger partial charge in [-0.1, -0.05) is 0 Å². The van der Waals surface area contributed by atoms with Gasteiger partial charge in [0.15, 0.2) is 0 Å². The third-order valence-corrected chi connectivity index (χ3v) is 3.26. The number of methoxy groups -OCH3 is 1. The standard InChI is InChI=1S/C15H22N4O2/c1-10(2)19-9-12-7-13(5-6-14(12)18-19)17-15(20)16-8-11(3)21-4/h5-7,9-11H,8H2,1-4H3,(H2,16,17,20). The molecule has 0 aliphatic rings. The average molecular weight is 290 g/mol. The molecule has 21 heavy (non-hydrogen) atoms. The molecule has 114 valence electrons. The molecule has 6 nitrogen and oxygen atoms in total. The molecule has 0 radical (unpaired) electrons. The van der Waals surface area contributed by atoms with Crippen LogP contribution in [-0.4, -0.2) is 35.6 Å². The van der Waals surface area contributed by atoms with E-state index < -0.39 is 0 Å². The topological polar surface area (TPSA) is 68.2 Å². The molecule has 0 saturated heterocycles. The van der Waals surface area contributed by atoms with Crippen LogP contribution in [0.3, 0.4) is 0 Å². The minimum Gasteiger partial charge on any atom is -0.380 e. The summed E-state index contributed by atoms with van der Waals surface area (Å²) in [4.78, 5) is 11.8. The molecule has 2 N–H and O–H groups in total. The lowest BCUT2D eigenvalue weighted by atomic mass is 10.2. The molecule has 1 unspecified atom stereocenters. The number of carbonyl (C=O) groups is 1. The molecular weight excluding hydrogens is 268 g/mol. The number of nitrogens with one attached hydrogen (secondary N) is 2. The zero-order chi connectivity index (χ0) is 15.4. The van der Waals surface area contributed by atoms with E-state index in [4.69, 9.17) is 4.74 Å². The second-order valence-electron chi connectivity index (χ2n) is 5.36. The number of carbonyl (C=O) groups excluding carboxylic acids is 1. The summed E-state index contributed by atoms with van der Waals surface area (Å²) < 4.78 is 6.99. The van der Waals surface area contributed by atoms with Gasteiger partial charge >= 0.3 is 6.03 Å². The largest absolute Gasteiger partial charge is 0.380 e. The highest BCUT2D eigenvalue weighted by molar-refractivity contribution is 5.92. The van der Waals surface area contributed by atoms with Crippen LogP contribution in [0.1, 0.15) is 26.8 Å². The van der Waals surface area contributed by atoms with Crippen molar-refractivity contribution in [1.29, 1.82) is 0 Å². The third kappa shape index (κ3) is 3.95. The van der Waals surface area contributed by atoms with Gasteiger partial charge in [-0.15, -0.1) is 0 Å². The van der Waals surface area contributed by atoms with Crippen molar-refractivity contribution in [2.24, 2.45) is 0 Å². The SMILES string of the molecule is COC(C)CNC(=O)Nc1ccc2nn(C(C)C)cc2c1. The van der Waals surface area contributed by atoms with E-state index in [0.29, 0.717) is 12.6 Å². The number of anilines is 1. The predicted molar refractivity (Wildman–Crippen MR) is 83.6 cm³/mol.